The van der Waals surface area contributed by atoms with Crippen molar-refractivity contribution in [3.63, 3.8) is 0 Å². The van der Waals surface area contributed by atoms with Gasteiger partial charge in [-0.2, -0.15) is 0 Å². The number of benzene rings is 1. The van der Waals surface area contributed by atoms with E-state index in [0.29, 0.717) is 5.56 Å². The summed E-state index contributed by atoms with van der Waals surface area (Å²) >= 11 is 0. The van der Waals surface area contributed by atoms with Crippen LogP contribution in [0.4, 0.5) is 0 Å². The van der Waals surface area contributed by atoms with E-state index in [4.69, 9.17) is 10.8 Å². The van der Waals surface area contributed by atoms with Crippen LogP contribution in [0, 0.1) is 0 Å². The first-order chi connectivity index (χ1) is 6.95. The van der Waals surface area contributed by atoms with E-state index in [-0.39, 0.29) is 17.2 Å². The van der Waals surface area contributed by atoms with Crippen LogP contribution in [0.15, 0.2) is 18.2 Å². The molecule has 0 unspecified atom stereocenters. The maximum atomic E-state index is 10.7. The summed E-state index contributed by atoms with van der Waals surface area (Å²) < 4.78 is 0. The van der Waals surface area contributed by atoms with E-state index in [1.165, 1.54) is 6.07 Å². The Balaban J connectivity index is 3.21. The predicted octanol–water partition coefficient (Wildman–Crippen LogP) is 1.60. The largest absolute Gasteiger partial charge is 0.507 e. The lowest BCUT2D eigenvalue weighted by Gasteiger charge is -2.14. The summed E-state index contributed by atoms with van der Waals surface area (Å²) in [5.74, 6) is -1.03. The standard InChI is InChI=1S/C11H15NO3/c1-6(2)7-4-3-5-8(10(7)13)9(12)11(14)15/h3-6,9,13H,12H2,1-2H3,(H,14,15)/t9-/m0/s1. The number of nitrogens with two attached hydrogens (primary N) is 1. The van der Waals surface area contributed by atoms with Gasteiger partial charge in [-0.1, -0.05) is 32.0 Å². The van der Waals surface area contributed by atoms with Crippen molar-refractivity contribution in [2.45, 2.75) is 25.8 Å². The Kier molecular flexibility index (Phi) is 3.31. The first-order valence-corrected chi connectivity index (χ1v) is 4.75. The van der Waals surface area contributed by atoms with Gasteiger partial charge in [0.1, 0.15) is 11.8 Å². The minimum atomic E-state index is -1.18. The normalized spacial score (nSPS) is 12.8. The monoisotopic (exact) mass is 209 g/mol. The first-order valence-electron chi connectivity index (χ1n) is 4.75. The molecule has 4 N–H and O–H groups in total. The molecule has 0 aliphatic carbocycles. The minimum absolute atomic E-state index is 0.0117. The molecule has 1 atom stereocenters. The van der Waals surface area contributed by atoms with E-state index in [1.807, 2.05) is 13.8 Å². The topological polar surface area (TPSA) is 83.6 Å². The Morgan fingerprint density at radius 3 is 2.33 bits per heavy atom. The Bertz CT molecular complexity index is 374. The van der Waals surface area contributed by atoms with Crippen LogP contribution in [-0.4, -0.2) is 16.2 Å². The number of para-hydroxylation sites is 1. The number of hydrogen-bond donors (Lipinski definition) is 3. The second-order valence-corrected chi connectivity index (χ2v) is 3.76. The number of aliphatic carboxylic acids is 1. The average molecular weight is 209 g/mol. The van der Waals surface area contributed by atoms with Crippen molar-refractivity contribution in [3.05, 3.63) is 29.3 Å². The van der Waals surface area contributed by atoms with E-state index in [2.05, 4.69) is 0 Å². The highest BCUT2D eigenvalue weighted by Crippen LogP contribution is 2.31. The summed E-state index contributed by atoms with van der Waals surface area (Å²) in [5.41, 5.74) is 6.42. The molecule has 0 aromatic heterocycles. The zero-order valence-corrected chi connectivity index (χ0v) is 8.77. The van der Waals surface area contributed by atoms with Crippen molar-refractivity contribution in [3.8, 4) is 5.75 Å². The summed E-state index contributed by atoms with van der Waals surface area (Å²) in [6.45, 7) is 3.84. The number of hydrogen-bond acceptors (Lipinski definition) is 3. The van der Waals surface area contributed by atoms with Gasteiger partial charge in [0.05, 0.1) is 0 Å². The van der Waals surface area contributed by atoms with E-state index in [9.17, 15) is 9.90 Å². The molecule has 15 heavy (non-hydrogen) atoms. The molecule has 4 heteroatoms. The minimum Gasteiger partial charge on any atom is -0.507 e. The highest BCUT2D eigenvalue weighted by atomic mass is 16.4. The maximum Gasteiger partial charge on any atom is 0.325 e. The number of carbonyl (C=O) groups is 1. The molecule has 0 radical (unpaired) electrons. The molecular weight excluding hydrogens is 194 g/mol. The molecule has 1 aromatic rings. The van der Waals surface area contributed by atoms with Gasteiger partial charge < -0.3 is 15.9 Å². The Morgan fingerprint density at radius 1 is 1.33 bits per heavy atom. The lowest BCUT2D eigenvalue weighted by Crippen LogP contribution is -2.21. The summed E-state index contributed by atoms with van der Waals surface area (Å²) in [6, 6.07) is 3.81. The molecular formula is C11H15NO3. The highest BCUT2D eigenvalue weighted by molar-refractivity contribution is 5.76. The third-order valence-electron chi connectivity index (χ3n) is 2.32. The number of carboxylic acids is 1. The van der Waals surface area contributed by atoms with Crippen LogP contribution in [0.25, 0.3) is 0 Å². The molecule has 82 valence electrons. The molecule has 0 bridgehead atoms. The van der Waals surface area contributed by atoms with E-state index in [0.717, 1.165) is 0 Å². The van der Waals surface area contributed by atoms with Gasteiger partial charge in [-0.05, 0) is 11.5 Å². The van der Waals surface area contributed by atoms with Gasteiger partial charge in [-0.3, -0.25) is 4.79 Å². The van der Waals surface area contributed by atoms with Crippen LogP contribution in [0.3, 0.4) is 0 Å². The SMILES string of the molecule is CC(C)c1cccc([C@H](N)C(=O)O)c1O. The Labute approximate surface area is 88.3 Å². The van der Waals surface area contributed by atoms with Crippen molar-refractivity contribution < 1.29 is 15.0 Å². The van der Waals surface area contributed by atoms with Crippen LogP contribution in [0.1, 0.15) is 36.9 Å². The van der Waals surface area contributed by atoms with Crippen LogP contribution in [-0.2, 0) is 4.79 Å². The molecule has 4 nitrogen and oxygen atoms in total. The molecule has 0 aliphatic rings. The summed E-state index contributed by atoms with van der Waals surface area (Å²) in [5, 5.41) is 18.6. The van der Waals surface area contributed by atoms with Crippen molar-refractivity contribution in [2.24, 2.45) is 5.73 Å². The van der Waals surface area contributed by atoms with Crippen LogP contribution >= 0.6 is 0 Å². The van der Waals surface area contributed by atoms with Gasteiger partial charge >= 0.3 is 5.97 Å². The fourth-order valence-corrected chi connectivity index (χ4v) is 1.43. The van der Waals surface area contributed by atoms with Crippen LogP contribution in [0.5, 0.6) is 5.75 Å². The number of aromatic hydroxyl groups is 1. The van der Waals surface area contributed by atoms with Gasteiger partial charge in [-0.25, -0.2) is 0 Å². The lowest BCUT2D eigenvalue weighted by molar-refractivity contribution is -0.138. The maximum absolute atomic E-state index is 10.7. The zero-order chi connectivity index (χ0) is 11.6. The van der Waals surface area contributed by atoms with Gasteiger partial charge in [0, 0.05) is 5.56 Å². The number of rotatable bonds is 3. The quantitative estimate of drug-likeness (QED) is 0.706. The van der Waals surface area contributed by atoms with Gasteiger partial charge in [-0.15, -0.1) is 0 Å². The third kappa shape index (κ3) is 2.27. The molecule has 0 amide bonds. The summed E-state index contributed by atoms with van der Waals surface area (Å²) in [6.07, 6.45) is 0. The molecule has 0 aliphatic heterocycles. The fourth-order valence-electron chi connectivity index (χ4n) is 1.43. The van der Waals surface area contributed by atoms with E-state index >= 15 is 0 Å². The van der Waals surface area contributed by atoms with E-state index < -0.39 is 12.0 Å². The Morgan fingerprint density at radius 2 is 1.87 bits per heavy atom. The van der Waals surface area contributed by atoms with Crippen molar-refractivity contribution in [1.82, 2.24) is 0 Å². The van der Waals surface area contributed by atoms with Crippen LogP contribution in [0.2, 0.25) is 0 Å². The fraction of sp³-hybridized carbons (Fsp3) is 0.364. The smallest absolute Gasteiger partial charge is 0.325 e. The van der Waals surface area contributed by atoms with Crippen molar-refractivity contribution in [1.29, 1.82) is 0 Å². The summed E-state index contributed by atoms with van der Waals surface area (Å²) in [4.78, 5) is 10.7. The number of phenols is 1. The van der Waals surface area contributed by atoms with Gasteiger partial charge in [0.15, 0.2) is 0 Å². The second-order valence-electron chi connectivity index (χ2n) is 3.76. The predicted molar refractivity (Wildman–Crippen MR) is 56.8 cm³/mol. The molecule has 0 saturated carbocycles. The molecule has 0 spiro atoms. The Hall–Kier alpha value is -1.55. The second kappa shape index (κ2) is 4.31. The zero-order valence-electron chi connectivity index (χ0n) is 8.77. The first kappa shape index (κ1) is 11.5. The molecule has 0 heterocycles. The van der Waals surface area contributed by atoms with Crippen molar-refractivity contribution >= 4 is 5.97 Å². The molecule has 0 fully saturated rings. The lowest BCUT2D eigenvalue weighted by atomic mass is 9.96. The molecule has 0 saturated heterocycles. The average Bonchev–Trinajstić information content (AvgIpc) is 2.16. The van der Waals surface area contributed by atoms with Crippen molar-refractivity contribution in [2.75, 3.05) is 0 Å². The number of phenolic OH excluding ortho intramolecular Hbond substituents is 1. The van der Waals surface area contributed by atoms with E-state index in [1.54, 1.807) is 12.1 Å². The summed E-state index contributed by atoms with van der Waals surface area (Å²) in [7, 11) is 0. The third-order valence-corrected chi connectivity index (χ3v) is 2.32. The molecule has 1 aromatic carbocycles. The molecule has 1 rings (SSSR count). The van der Waals surface area contributed by atoms with Gasteiger partial charge in [0.25, 0.3) is 0 Å². The van der Waals surface area contributed by atoms with Crippen LogP contribution < -0.4 is 5.73 Å². The number of carboxylic acid groups (broad SMARTS) is 1. The highest BCUT2D eigenvalue weighted by Gasteiger charge is 2.20. The van der Waals surface area contributed by atoms with Gasteiger partial charge in [0.2, 0.25) is 0 Å².